The maximum atomic E-state index is 11.7. The number of nitrogens with one attached hydrogen (secondary N) is 2. The Hall–Kier alpha value is -3.81. The first-order valence-corrected chi connectivity index (χ1v) is 8.71. The lowest BCUT2D eigenvalue weighted by atomic mass is 10.1. The smallest absolute Gasteiger partial charge is 0.334 e. The number of hydrogen-bond donors (Lipinski definition) is 2. The van der Waals surface area contributed by atoms with E-state index >= 15 is 0 Å². The highest BCUT2D eigenvalue weighted by molar-refractivity contribution is 5.95. The Balaban J connectivity index is 1.94. The van der Waals surface area contributed by atoms with E-state index in [4.69, 9.17) is 0 Å². The van der Waals surface area contributed by atoms with Crippen LogP contribution < -0.4 is 10.6 Å². The van der Waals surface area contributed by atoms with Crippen molar-refractivity contribution in [3.05, 3.63) is 76.1 Å². The molecule has 8 nitrogen and oxygen atoms in total. The number of Topliss-reactive ketones (excluding diaryl/α,β-unsaturated/α-hetero) is 1. The molecule has 0 fully saturated rings. The maximum Gasteiger partial charge on any atom is 0.353 e. The lowest BCUT2D eigenvalue weighted by molar-refractivity contribution is -0.383. The molecule has 0 saturated carbocycles. The van der Waals surface area contributed by atoms with E-state index in [1.54, 1.807) is 24.3 Å². The SMILES string of the molecule is CCc1ccc(Nc2ncnc(Nc3cccc(C(C)=O)c3)c2[N+](=O)[O-])cc1. The number of aromatic nitrogens is 2. The molecule has 8 heteroatoms. The van der Waals surface area contributed by atoms with Crippen LogP contribution in [0.3, 0.4) is 0 Å². The third kappa shape index (κ3) is 4.29. The molecule has 0 aliphatic rings. The maximum absolute atomic E-state index is 11.7. The van der Waals surface area contributed by atoms with Gasteiger partial charge in [0, 0.05) is 16.9 Å². The van der Waals surface area contributed by atoms with Gasteiger partial charge >= 0.3 is 5.69 Å². The molecule has 0 radical (unpaired) electrons. The fourth-order valence-electron chi connectivity index (χ4n) is 2.65. The summed E-state index contributed by atoms with van der Waals surface area (Å²) >= 11 is 0. The molecule has 1 heterocycles. The zero-order chi connectivity index (χ0) is 20.1. The molecule has 3 aromatic rings. The monoisotopic (exact) mass is 377 g/mol. The van der Waals surface area contributed by atoms with Gasteiger partial charge < -0.3 is 10.6 Å². The van der Waals surface area contributed by atoms with Crippen molar-refractivity contribution >= 4 is 34.5 Å². The molecule has 0 bridgehead atoms. The van der Waals surface area contributed by atoms with Crippen LogP contribution in [0.2, 0.25) is 0 Å². The van der Waals surface area contributed by atoms with Crippen molar-refractivity contribution in [1.29, 1.82) is 0 Å². The van der Waals surface area contributed by atoms with Crippen LogP contribution in [0.4, 0.5) is 28.7 Å². The molecule has 142 valence electrons. The molecule has 2 N–H and O–H groups in total. The summed E-state index contributed by atoms with van der Waals surface area (Å²) in [5, 5.41) is 17.6. The van der Waals surface area contributed by atoms with Crippen LogP contribution in [-0.4, -0.2) is 20.7 Å². The number of benzene rings is 2. The topological polar surface area (TPSA) is 110 Å². The van der Waals surface area contributed by atoms with Crippen molar-refractivity contribution in [2.45, 2.75) is 20.3 Å². The molecule has 3 rings (SSSR count). The second-order valence-electron chi connectivity index (χ2n) is 6.11. The van der Waals surface area contributed by atoms with E-state index < -0.39 is 4.92 Å². The molecule has 0 saturated heterocycles. The number of nitrogens with zero attached hydrogens (tertiary/aromatic N) is 3. The third-order valence-corrected chi connectivity index (χ3v) is 4.16. The van der Waals surface area contributed by atoms with Gasteiger partial charge in [-0.3, -0.25) is 14.9 Å². The largest absolute Gasteiger partial charge is 0.353 e. The average molecular weight is 377 g/mol. The van der Waals surface area contributed by atoms with E-state index in [1.807, 2.05) is 24.3 Å². The van der Waals surface area contributed by atoms with Gasteiger partial charge in [0.2, 0.25) is 11.6 Å². The van der Waals surface area contributed by atoms with E-state index in [0.29, 0.717) is 16.9 Å². The van der Waals surface area contributed by atoms with Crippen LogP contribution in [0, 0.1) is 10.1 Å². The summed E-state index contributed by atoms with van der Waals surface area (Å²) in [6.45, 7) is 3.51. The van der Waals surface area contributed by atoms with Crippen LogP contribution in [0.25, 0.3) is 0 Å². The Morgan fingerprint density at radius 3 is 2.25 bits per heavy atom. The van der Waals surface area contributed by atoms with Crippen molar-refractivity contribution in [2.75, 3.05) is 10.6 Å². The Morgan fingerprint density at radius 1 is 1.04 bits per heavy atom. The number of anilines is 4. The highest BCUT2D eigenvalue weighted by atomic mass is 16.6. The van der Waals surface area contributed by atoms with E-state index in [1.165, 1.54) is 13.3 Å². The number of aryl methyl sites for hydroxylation is 1. The predicted molar refractivity (Wildman–Crippen MR) is 108 cm³/mol. The number of hydrogen-bond acceptors (Lipinski definition) is 7. The minimum absolute atomic E-state index is 0.0355. The van der Waals surface area contributed by atoms with Gasteiger partial charge in [-0.25, -0.2) is 9.97 Å². The van der Waals surface area contributed by atoms with Gasteiger partial charge in [-0.1, -0.05) is 31.2 Å². The first kappa shape index (κ1) is 19.0. The number of carbonyl (C=O) groups is 1. The van der Waals surface area contributed by atoms with Crippen molar-refractivity contribution in [3.63, 3.8) is 0 Å². The van der Waals surface area contributed by atoms with E-state index in [9.17, 15) is 14.9 Å². The zero-order valence-corrected chi connectivity index (χ0v) is 15.5. The van der Waals surface area contributed by atoms with Gasteiger partial charge in [0.1, 0.15) is 6.33 Å². The van der Waals surface area contributed by atoms with Crippen molar-refractivity contribution in [1.82, 2.24) is 9.97 Å². The van der Waals surface area contributed by atoms with E-state index in [0.717, 1.165) is 12.0 Å². The molecule has 1 aromatic heterocycles. The summed E-state index contributed by atoms with van der Waals surface area (Å²) < 4.78 is 0. The molecule has 0 aliphatic heterocycles. The second kappa shape index (κ2) is 8.26. The first-order valence-electron chi connectivity index (χ1n) is 8.71. The quantitative estimate of drug-likeness (QED) is 0.351. The Morgan fingerprint density at radius 2 is 1.68 bits per heavy atom. The second-order valence-corrected chi connectivity index (χ2v) is 6.11. The minimum Gasteiger partial charge on any atom is -0.334 e. The molecular formula is C20H19N5O3. The summed E-state index contributed by atoms with van der Waals surface area (Å²) in [6.07, 6.45) is 2.15. The van der Waals surface area contributed by atoms with Crippen molar-refractivity contribution in [2.24, 2.45) is 0 Å². The van der Waals surface area contributed by atoms with E-state index in [-0.39, 0.29) is 23.1 Å². The average Bonchev–Trinajstić information content (AvgIpc) is 2.68. The molecule has 0 aliphatic carbocycles. The number of ketones is 1. The molecule has 28 heavy (non-hydrogen) atoms. The highest BCUT2D eigenvalue weighted by Crippen LogP contribution is 2.33. The summed E-state index contributed by atoms with van der Waals surface area (Å²) in [5.74, 6) is 0.0153. The van der Waals surface area contributed by atoms with Gasteiger partial charge in [-0.15, -0.1) is 0 Å². The summed E-state index contributed by atoms with van der Waals surface area (Å²) in [7, 11) is 0. The van der Waals surface area contributed by atoms with Crippen LogP contribution in [0.5, 0.6) is 0 Å². The van der Waals surface area contributed by atoms with Gasteiger partial charge in [0.15, 0.2) is 5.78 Å². The first-order chi connectivity index (χ1) is 13.5. The number of carbonyl (C=O) groups excluding carboxylic acids is 1. The molecule has 0 atom stereocenters. The molecule has 0 spiro atoms. The normalized spacial score (nSPS) is 10.4. The van der Waals surface area contributed by atoms with Crippen LogP contribution in [0.15, 0.2) is 54.9 Å². The fourth-order valence-corrected chi connectivity index (χ4v) is 2.65. The summed E-state index contributed by atoms with van der Waals surface area (Å²) in [4.78, 5) is 30.7. The summed E-state index contributed by atoms with van der Waals surface area (Å²) in [5.41, 5.74) is 2.58. The zero-order valence-electron chi connectivity index (χ0n) is 15.5. The lowest BCUT2D eigenvalue weighted by Crippen LogP contribution is -2.06. The van der Waals surface area contributed by atoms with Gasteiger partial charge in [-0.2, -0.15) is 0 Å². The van der Waals surface area contributed by atoms with Crippen LogP contribution >= 0.6 is 0 Å². The number of nitro groups is 1. The fraction of sp³-hybridized carbons (Fsp3) is 0.150. The standard InChI is InChI=1S/C20H19N5O3/c1-3-14-7-9-16(10-8-14)23-19-18(25(27)28)20(22-12-21-19)24-17-6-4-5-15(11-17)13(2)26/h4-12H,3H2,1-2H3,(H2,21,22,23,24). The van der Waals surface area contributed by atoms with Gasteiger partial charge in [0.25, 0.3) is 0 Å². The third-order valence-electron chi connectivity index (χ3n) is 4.16. The Labute approximate surface area is 161 Å². The van der Waals surface area contributed by atoms with Crippen molar-refractivity contribution < 1.29 is 9.72 Å². The Kier molecular flexibility index (Phi) is 5.59. The molecule has 0 amide bonds. The van der Waals surface area contributed by atoms with Crippen LogP contribution in [-0.2, 0) is 6.42 Å². The number of rotatable bonds is 7. The minimum atomic E-state index is -0.542. The predicted octanol–water partition coefficient (Wildman–Crippen LogP) is 4.64. The molecule has 2 aromatic carbocycles. The van der Waals surface area contributed by atoms with Gasteiger partial charge in [-0.05, 0) is 43.2 Å². The van der Waals surface area contributed by atoms with Gasteiger partial charge in [0.05, 0.1) is 4.92 Å². The molecular weight excluding hydrogens is 358 g/mol. The summed E-state index contributed by atoms with van der Waals surface area (Å²) in [6, 6.07) is 14.3. The Bertz CT molecular complexity index is 1020. The van der Waals surface area contributed by atoms with E-state index in [2.05, 4.69) is 27.5 Å². The van der Waals surface area contributed by atoms with Crippen LogP contribution in [0.1, 0.15) is 29.8 Å². The highest BCUT2D eigenvalue weighted by Gasteiger charge is 2.23. The van der Waals surface area contributed by atoms with Crippen molar-refractivity contribution in [3.8, 4) is 0 Å². The lowest BCUT2D eigenvalue weighted by Gasteiger charge is -2.11. The molecule has 0 unspecified atom stereocenters.